The number of likely N-dealkylation sites (tertiary alicyclic amines) is 1. The van der Waals surface area contributed by atoms with Crippen molar-refractivity contribution in [2.75, 3.05) is 26.2 Å². The van der Waals surface area contributed by atoms with Crippen LogP contribution in [0.5, 0.6) is 0 Å². The van der Waals surface area contributed by atoms with Gasteiger partial charge in [0.05, 0.1) is 12.3 Å². The highest BCUT2D eigenvalue weighted by molar-refractivity contribution is 5.76. The molecule has 6 nitrogen and oxygen atoms in total. The van der Waals surface area contributed by atoms with Crippen LogP contribution in [0.15, 0.2) is 12.4 Å². The van der Waals surface area contributed by atoms with E-state index >= 15 is 0 Å². The van der Waals surface area contributed by atoms with Crippen LogP contribution in [0.3, 0.4) is 0 Å². The summed E-state index contributed by atoms with van der Waals surface area (Å²) in [4.78, 5) is 14.7. The Bertz CT molecular complexity index is 539. The molecule has 2 fully saturated rings. The minimum Gasteiger partial charge on any atom is -0.377 e. The summed E-state index contributed by atoms with van der Waals surface area (Å²) in [6.45, 7) is 8.95. The summed E-state index contributed by atoms with van der Waals surface area (Å²) in [5.41, 5.74) is 1.13. The van der Waals surface area contributed by atoms with Crippen molar-refractivity contribution in [1.29, 1.82) is 0 Å². The van der Waals surface area contributed by atoms with Crippen LogP contribution >= 0.6 is 0 Å². The molecule has 6 heteroatoms. The lowest BCUT2D eigenvalue weighted by Gasteiger charge is -2.38. The van der Waals surface area contributed by atoms with Gasteiger partial charge >= 0.3 is 0 Å². The SMILES string of the molecule is Cc1cnn(CCC(=O)N[C@@H]2CCN(C[C@@H]3CCCO3)C[C@@H]2C)c1. The number of carbonyl (C=O) groups is 1. The van der Waals surface area contributed by atoms with E-state index in [1.165, 1.54) is 12.8 Å². The summed E-state index contributed by atoms with van der Waals surface area (Å²) in [6, 6.07) is 0.289. The largest absolute Gasteiger partial charge is 0.377 e. The fourth-order valence-corrected chi connectivity index (χ4v) is 3.77. The van der Waals surface area contributed by atoms with Crippen molar-refractivity contribution >= 4 is 5.91 Å². The summed E-state index contributed by atoms with van der Waals surface area (Å²) in [6.07, 6.45) is 8.12. The van der Waals surface area contributed by atoms with E-state index in [4.69, 9.17) is 4.74 Å². The second kappa shape index (κ2) is 8.12. The number of nitrogens with one attached hydrogen (secondary N) is 1. The number of amides is 1. The average molecular weight is 334 g/mol. The van der Waals surface area contributed by atoms with Gasteiger partial charge in [-0.1, -0.05) is 6.92 Å². The Balaban J connectivity index is 1.38. The summed E-state index contributed by atoms with van der Waals surface area (Å²) in [5, 5.41) is 7.45. The lowest BCUT2D eigenvalue weighted by molar-refractivity contribution is -0.122. The smallest absolute Gasteiger partial charge is 0.222 e. The van der Waals surface area contributed by atoms with E-state index < -0.39 is 0 Å². The molecule has 0 spiro atoms. The maximum Gasteiger partial charge on any atom is 0.222 e. The highest BCUT2D eigenvalue weighted by Crippen LogP contribution is 2.20. The van der Waals surface area contributed by atoms with Crippen LogP contribution < -0.4 is 5.32 Å². The van der Waals surface area contributed by atoms with E-state index in [0.29, 0.717) is 25.0 Å². The van der Waals surface area contributed by atoms with E-state index in [9.17, 15) is 4.79 Å². The van der Waals surface area contributed by atoms with Gasteiger partial charge < -0.3 is 15.0 Å². The number of piperidine rings is 1. The molecule has 0 aliphatic carbocycles. The molecule has 134 valence electrons. The molecular weight excluding hydrogens is 304 g/mol. The number of aryl methyl sites for hydroxylation is 2. The average Bonchev–Trinajstić information content (AvgIpc) is 3.20. The van der Waals surface area contributed by atoms with E-state index in [0.717, 1.165) is 38.2 Å². The zero-order chi connectivity index (χ0) is 16.9. The summed E-state index contributed by atoms with van der Waals surface area (Å²) in [7, 11) is 0. The zero-order valence-electron chi connectivity index (χ0n) is 14.9. The number of hydrogen-bond acceptors (Lipinski definition) is 4. The number of hydrogen-bond donors (Lipinski definition) is 1. The van der Waals surface area contributed by atoms with E-state index in [-0.39, 0.29) is 11.9 Å². The number of nitrogens with zero attached hydrogens (tertiary/aromatic N) is 3. The normalized spacial score (nSPS) is 28.2. The van der Waals surface area contributed by atoms with E-state index in [1.807, 2.05) is 24.0 Å². The van der Waals surface area contributed by atoms with Crippen molar-refractivity contribution < 1.29 is 9.53 Å². The third-order valence-electron chi connectivity index (χ3n) is 5.15. The molecule has 0 bridgehead atoms. The van der Waals surface area contributed by atoms with Crippen molar-refractivity contribution in [3.05, 3.63) is 18.0 Å². The van der Waals surface area contributed by atoms with Crippen LogP contribution in [0.4, 0.5) is 0 Å². The first-order valence-electron chi connectivity index (χ1n) is 9.22. The molecule has 0 aromatic carbocycles. The molecule has 24 heavy (non-hydrogen) atoms. The second-order valence-electron chi connectivity index (χ2n) is 7.37. The fraction of sp³-hybridized carbons (Fsp3) is 0.778. The maximum absolute atomic E-state index is 12.2. The van der Waals surface area contributed by atoms with Gasteiger partial charge in [-0.2, -0.15) is 5.10 Å². The quantitative estimate of drug-likeness (QED) is 0.858. The third kappa shape index (κ3) is 4.80. The van der Waals surface area contributed by atoms with Crippen molar-refractivity contribution in [3.8, 4) is 0 Å². The molecule has 3 heterocycles. The van der Waals surface area contributed by atoms with Gasteiger partial charge in [-0.25, -0.2) is 0 Å². The Kier molecular flexibility index (Phi) is 5.89. The van der Waals surface area contributed by atoms with Gasteiger partial charge in [0.15, 0.2) is 0 Å². The Labute approximate surface area is 144 Å². The van der Waals surface area contributed by atoms with Crippen LogP contribution in [-0.4, -0.2) is 59.0 Å². The minimum atomic E-state index is 0.132. The monoisotopic (exact) mass is 334 g/mol. The molecule has 1 aromatic rings. The summed E-state index contributed by atoms with van der Waals surface area (Å²) >= 11 is 0. The molecule has 2 aliphatic heterocycles. The van der Waals surface area contributed by atoms with Gasteiger partial charge in [-0.15, -0.1) is 0 Å². The fourth-order valence-electron chi connectivity index (χ4n) is 3.77. The molecule has 2 aliphatic rings. The number of rotatable bonds is 6. The molecule has 2 saturated heterocycles. The lowest BCUT2D eigenvalue weighted by Crippen LogP contribution is -2.51. The molecule has 0 saturated carbocycles. The van der Waals surface area contributed by atoms with Crippen LogP contribution in [-0.2, 0) is 16.1 Å². The lowest BCUT2D eigenvalue weighted by atomic mass is 9.93. The van der Waals surface area contributed by atoms with Crippen molar-refractivity contribution in [2.45, 2.75) is 58.2 Å². The number of aromatic nitrogens is 2. The van der Waals surface area contributed by atoms with Crippen molar-refractivity contribution in [2.24, 2.45) is 5.92 Å². The Hall–Kier alpha value is -1.40. The predicted molar refractivity (Wildman–Crippen MR) is 92.7 cm³/mol. The van der Waals surface area contributed by atoms with Gasteiger partial charge in [0.25, 0.3) is 0 Å². The van der Waals surface area contributed by atoms with Crippen LogP contribution in [0.25, 0.3) is 0 Å². The van der Waals surface area contributed by atoms with Crippen molar-refractivity contribution in [3.63, 3.8) is 0 Å². The topological polar surface area (TPSA) is 59.4 Å². The summed E-state index contributed by atoms with van der Waals surface area (Å²) in [5.74, 6) is 0.614. The van der Waals surface area contributed by atoms with Crippen LogP contribution in [0.1, 0.15) is 38.2 Å². The third-order valence-corrected chi connectivity index (χ3v) is 5.15. The molecule has 0 unspecified atom stereocenters. The van der Waals surface area contributed by atoms with Gasteiger partial charge in [-0.05, 0) is 37.7 Å². The van der Waals surface area contributed by atoms with Crippen LogP contribution in [0.2, 0.25) is 0 Å². The van der Waals surface area contributed by atoms with Gasteiger partial charge in [-0.3, -0.25) is 9.48 Å². The first-order valence-corrected chi connectivity index (χ1v) is 9.22. The highest BCUT2D eigenvalue weighted by atomic mass is 16.5. The Morgan fingerprint density at radius 1 is 1.46 bits per heavy atom. The van der Waals surface area contributed by atoms with E-state index in [2.05, 4.69) is 22.2 Å². The first kappa shape index (κ1) is 17.4. The Morgan fingerprint density at radius 3 is 3.00 bits per heavy atom. The standard InChI is InChI=1S/C18H30N4O2/c1-14-10-19-22(11-14)8-6-18(23)20-17-5-7-21(12-15(17)2)13-16-4-3-9-24-16/h10-11,15-17H,3-9,12-13H2,1-2H3,(H,20,23)/t15-,16-,17+/m0/s1. The minimum absolute atomic E-state index is 0.132. The molecule has 1 N–H and O–H groups in total. The predicted octanol–water partition coefficient (Wildman–Crippen LogP) is 1.59. The zero-order valence-corrected chi connectivity index (χ0v) is 14.9. The van der Waals surface area contributed by atoms with Gasteiger partial charge in [0.2, 0.25) is 5.91 Å². The van der Waals surface area contributed by atoms with Crippen molar-refractivity contribution in [1.82, 2.24) is 20.0 Å². The summed E-state index contributed by atoms with van der Waals surface area (Å²) < 4.78 is 7.57. The van der Waals surface area contributed by atoms with E-state index in [1.54, 1.807) is 0 Å². The molecule has 1 amide bonds. The number of ether oxygens (including phenoxy) is 1. The molecular formula is C18H30N4O2. The van der Waals surface area contributed by atoms with Crippen LogP contribution in [0, 0.1) is 12.8 Å². The second-order valence-corrected chi connectivity index (χ2v) is 7.37. The van der Waals surface area contributed by atoms with Gasteiger partial charge in [0, 0.05) is 51.4 Å². The maximum atomic E-state index is 12.2. The molecule has 1 aromatic heterocycles. The molecule has 3 rings (SSSR count). The molecule has 0 radical (unpaired) electrons. The van der Waals surface area contributed by atoms with Gasteiger partial charge in [0.1, 0.15) is 0 Å². The Morgan fingerprint density at radius 2 is 2.33 bits per heavy atom. The number of carbonyl (C=O) groups excluding carboxylic acids is 1. The molecule has 3 atom stereocenters. The first-order chi connectivity index (χ1) is 11.6. The highest BCUT2D eigenvalue weighted by Gasteiger charge is 2.29.